The van der Waals surface area contributed by atoms with Crippen LogP contribution in [0, 0.1) is 11.8 Å². The molecule has 0 bridgehead atoms. The van der Waals surface area contributed by atoms with Crippen LogP contribution in [0.1, 0.15) is 42.1 Å². The molecule has 6 unspecified atom stereocenters. The second kappa shape index (κ2) is 12.7. The minimum atomic E-state index is -1.47. The van der Waals surface area contributed by atoms with E-state index in [4.69, 9.17) is 47.4 Å². The van der Waals surface area contributed by atoms with Gasteiger partial charge in [0.2, 0.25) is 12.5 Å². The van der Waals surface area contributed by atoms with Crippen molar-refractivity contribution in [2.75, 3.05) is 47.4 Å². The number of esters is 1. The van der Waals surface area contributed by atoms with Crippen LogP contribution >= 0.6 is 0 Å². The number of fused-ring (bicyclic) bond motifs is 4. The number of cyclic esters (lactones) is 1. The highest BCUT2D eigenvalue weighted by atomic mass is 16.8. The lowest BCUT2D eigenvalue weighted by atomic mass is 9.66. The third-order valence-electron chi connectivity index (χ3n) is 9.36. The molecule has 2 aromatic carbocycles. The highest BCUT2D eigenvalue weighted by Gasteiger charge is 2.56. The number of rotatable bonds is 9. The molecule has 0 saturated carbocycles. The molecule has 10 atom stereocenters. The zero-order valence-corrected chi connectivity index (χ0v) is 25.7. The van der Waals surface area contributed by atoms with E-state index in [1.807, 2.05) is 6.92 Å². The fourth-order valence-electron chi connectivity index (χ4n) is 7.14. The Kier molecular flexibility index (Phi) is 8.61. The van der Waals surface area contributed by atoms with Gasteiger partial charge >= 0.3 is 5.97 Å². The second-order valence-corrected chi connectivity index (χ2v) is 11.8. The molecule has 3 fully saturated rings. The number of hydrogen-bond acceptors (Lipinski definition) is 14. The minimum Gasteiger partial charge on any atom is -0.502 e. The Morgan fingerprint density at radius 1 is 0.913 bits per heavy atom. The monoisotopic (exact) mass is 646 g/mol. The van der Waals surface area contributed by atoms with Crippen LogP contribution in [0.4, 0.5) is 0 Å². The first-order chi connectivity index (χ1) is 22.3. The number of phenols is 1. The van der Waals surface area contributed by atoms with Crippen LogP contribution < -0.4 is 18.9 Å². The van der Waals surface area contributed by atoms with Crippen LogP contribution in [-0.4, -0.2) is 106 Å². The Morgan fingerprint density at radius 3 is 2.33 bits per heavy atom. The third kappa shape index (κ3) is 5.31. The molecule has 1 aliphatic carbocycles. The average Bonchev–Trinajstić information content (AvgIpc) is 3.69. The number of phenolic OH excluding ortho intramolecular Hbond substituents is 1. The van der Waals surface area contributed by atoms with Gasteiger partial charge in [-0.2, -0.15) is 0 Å². The van der Waals surface area contributed by atoms with Gasteiger partial charge in [0.1, 0.15) is 24.4 Å². The number of benzene rings is 2. The molecule has 3 saturated heterocycles. The lowest BCUT2D eigenvalue weighted by Gasteiger charge is -2.48. The van der Waals surface area contributed by atoms with E-state index in [0.717, 1.165) is 0 Å². The molecule has 0 spiro atoms. The van der Waals surface area contributed by atoms with Crippen molar-refractivity contribution in [3.63, 3.8) is 0 Å². The molecule has 46 heavy (non-hydrogen) atoms. The van der Waals surface area contributed by atoms with Gasteiger partial charge in [0.05, 0.1) is 46.1 Å². The maximum Gasteiger partial charge on any atom is 0.310 e. The van der Waals surface area contributed by atoms with Crippen molar-refractivity contribution >= 4 is 5.97 Å². The molecule has 2 aromatic rings. The van der Waals surface area contributed by atoms with Crippen LogP contribution in [0.3, 0.4) is 0 Å². The number of carbonyl (C=O) groups is 1. The number of methoxy groups -OCH3 is 2. The molecular formula is C32H38O14. The van der Waals surface area contributed by atoms with Crippen molar-refractivity contribution in [1.82, 2.24) is 0 Å². The molecule has 14 nitrogen and oxygen atoms in total. The quantitative estimate of drug-likeness (QED) is 0.266. The Balaban J connectivity index is 1.23. The zero-order valence-electron chi connectivity index (χ0n) is 25.7. The van der Waals surface area contributed by atoms with Gasteiger partial charge in [-0.3, -0.25) is 4.79 Å². The molecule has 7 rings (SSSR count). The van der Waals surface area contributed by atoms with Gasteiger partial charge in [0.15, 0.2) is 35.6 Å². The highest BCUT2D eigenvalue weighted by molar-refractivity contribution is 5.79. The summed E-state index contributed by atoms with van der Waals surface area (Å²) in [4.78, 5) is 13.5. The third-order valence-corrected chi connectivity index (χ3v) is 9.36. The molecule has 3 N–H and O–H groups in total. The summed E-state index contributed by atoms with van der Waals surface area (Å²) in [5.74, 6) is -1.09. The van der Waals surface area contributed by atoms with E-state index in [1.165, 1.54) is 14.2 Å². The molecule has 0 aromatic heterocycles. The van der Waals surface area contributed by atoms with E-state index in [1.54, 1.807) is 24.3 Å². The summed E-state index contributed by atoms with van der Waals surface area (Å²) < 4.78 is 57.7. The lowest BCUT2D eigenvalue weighted by molar-refractivity contribution is -0.368. The molecule has 4 aliphatic heterocycles. The van der Waals surface area contributed by atoms with E-state index >= 15 is 0 Å². The van der Waals surface area contributed by atoms with Gasteiger partial charge in [0.25, 0.3) is 0 Å². The predicted octanol–water partition coefficient (Wildman–Crippen LogP) is 1.75. The van der Waals surface area contributed by atoms with E-state index < -0.39 is 66.8 Å². The van der Waals surface area contributed by atoms with Crippen molar-refractivity contribution in [3.8, 4) is 28.7 Å². The van der Waals surface area contributed by atoms with Crippen molar-refractivity contribution in [2.24, 2.45) is 11.8 Å². The number of hydrogen-bond donors (Lipinski definition) is 3. The number of aliphatic hydroxyl groups excluding tert-OH is 2. The summed E-state index contributed by atoms with van der Waals surface area (Å²) in [6.07, 6.45) is -6.59. The summed E-state index contributed by atoms with van der Waals surface area (Å²) in [5.41, 5.74) is 2.00. The largest absolute Gasteiger partial charge is 0.502 e. The van der Waals surface area contributed by atoms with E-state index in [2.05, 4.69) is 0 Å². The van der Waals surface area contributed by atoms with Crippen LogP contribution in [0.5, 0.6) is 28.7 Å². The fourth-order valence-corrected chi connectivity index (χ4v) is 7.14. The zero-order chi connectivity index (χ0) is 32.1. The summed E-state index contributed by atoms with van der Waals surface area (Å²) >= 11 is 0. The van der Waals surface area contributed by atoms with Gasteiger partial charge in [-0.25, -0.2) is 0 Å². The average molecular weight is 647 g/mol. The van der Waals surface area contributed by atoms with Gasteiger partial charge < -0.3 is 62.7 Å². The first-order valence-electron chi connectivity index (χ1n) is 15.4. The maximum absolute atomic E-state index is 13.5. The van der Waals surface area contributed by atoms with Crippen LogP contribution in [0.15, 0.2) is 24.3 Å². The van der Waals surface area contributed by atoms with Gasteiger partial charge in [0, 0.05) is 24.9 Å². The Morgan fingerprint density at radius 2 is 1.63 bits per heavy atom. The number of carbonyl (C=O) groups excluding carboxylic acids is 1. The van der Waals surface area contributed by atoms with E-state index in [-0.39, 0.29) is 37.3 Å². The van der Waals surface area contributed by atoms with Crippen molar-refractivity contribution in [1.29, 1.82) is 0 Å². The first kappa shape index (κ1) is 31.2. The predicted molar refractivity (Wildman–Crippen MR) is 154 cm³/mol. The normalized spacial score (nSPS) is 34.3. The van der Waals surface area contributed by atoms with Gasteiger partial charge in [-0.05, 0) is 47.9 Å². The lowest BCUT2D eigenvalue weighted by Crippen LogP contribution is -2.63. The topological polar surface area (TPSA) is 170 Å². The fraction of sp³-hybridized carbons (Fsp3) is 0.594. The summed E-state index contributed by atoms with van der Waals surface area (Å²) in [6, 6.07) is 6.93. The Hall–Kier alpha value is -3.37. The van der Waals surface area contributed by atoms with Gasteiger partial charge in [-0.15, -0.1) is 0 Å². The number of aromatic hydroxyl groups is 1. The molecule has 0 amide bonds. The SMILES string of the molecule is CCOCCC1OCC2OC(O[C@@H]3c4cc5c(cc4[C@@H](c4cc(OC)c(O)c(OC)c4)[C@H]4C(=O)OC[C@@H]43)OCO5)C(O)C(O)C2O1. The van der Waals surface area contributed by atoms with Crippen LogP contribution in [-0.2, 0) is 33.2 Å². The minimum absolute atomic E-state index is 0.0233. The van der Waals surface area contributed by atoms with Gasteiger partial charge in [-0.1, -0.05) is 0 Å². The summed E-state index contributed by atoms with van der Waals surface area (Å²) in [6.45, 7) is 3.06. The number of ether oxygens (including phenoxy) is 10. The number of aliphatic hydroxyl groups is 2. The molecule has 5 aliphatic rings. The second-order valence-electron chi connectivity index (χ2n) is 11.8. The maximum atomic E-state index is 13.5. The van der Waals surface area contributed by atoms with Crippen molar-refractivity contribution in [2.45, 2.75) is 62.4 Å². The Bertz CT molecular complexity index is 1420. The summed E-state index contributed by atoms with van der Waals surface area (Å²) in [7, 11) is 2.86. The van der Waals surface area contributed by atoms with E-state index in [9.17, 15) is 20.1 Å². The van der Waals surface area contributed by atoms with Crippen LogP contribution in [0.25, 0.3) is 0 Å². The highest BCUT2D eigenvalue weighted by Crippen LogP contribution is 2.57. The molecule has 250 valence electrons. The van der Waals surface area contributed by atoms with Crippen molar-refractivity contribution < 1.29 is 67.5 Å². The molecule has 0 radical (unpaired) electrons. The molecular weight excluding hydrogens is 608 g/mol. The van der Waals surface area contributed by atoms with Crippen molar-refractivity contribution in [3.05, 3.63) is 41.0 Å². The smallest absolute Gasteiger partial charge is 0.310 e. The molecule has 14 heteroatoms. The first-order valence-corrected chi connectivity index (χ1v) is 15.4. The Labute approximate surface area is 264 Å². The summed E-state index contributed by atoms with van der Waals surface area (Å²) in [5, 5.41) is 33.0. The molecule has 4 heterocycles. The standard InChI is InChI=1S/C32H38O14/c1-4-39-6-5-23-40-12-22-30(45-23)27(34)28(35)32(44-22)46-29-16-10-19-18(42-13-43-19)9-15(16)24(25-17(29)11-41-31(25)36)14-7-20(37-2)26(33)21(8-14)38-3/h7-10,17,22-25,27-30,32-35H,4-6,11-13H2,1-3H3/t17-,22?,23?,24+,25-,27?,28?,29+,30?,32?/m0/s1. The van der Waals surface area contributed by atoms with Crippen LogP contribution in [0.2, 0.25) is 0 Å². The van der Waals surface area contributed by atoms with E-state index in [0.29, 0.717) is 47.8 Å².